The number of ether oxygens (including phenoxy) is 1. The van der Waals surface area contributed by atoms with Gasteiger partial charge < -0.3 is 15.4 Å². The van der Waals surface area contributed by atoms with Gasteiger partial charge in [-0.05, 0) is 51.6 Å². The summed E-state index contributed by atoms with van der Waals surface area (Å²) >= 11 is 0. The van der Waals surface area contributed by atoms with Crippen LogP contribution in [-0.4, -0.2) is 44.9 Å². The zero-order chi connectivity index (χ0) is 16.2. The van der Waals surface area contributed by atoms with E-state index in [4.69, 9.17) is 4.74 Å². The zero-order valence-corrected chi connectivity index (χ0v) is 14.2. The van der Waals surface area contributed by atoms with Crippen LogP contribution in [0.3, 0.4) is 0 Å². The van der Waals surface area contributed by atoms with Crippen LogP contribution in [0.15, 0.2) is 0 Å². The quantitative estimate of drug-likeness (QED) is 0.812. The first-order valence-corrected chi connectivity index (χ1v) is 7.95. The number of amides is 1. The SMILES string of the molecule is COCC1(C(=O)NC2CCC(C(F)(F)F)CC2)CCNCC1.Cl. The summed E-state index contributed by atoms with van der Waals surface area (Å²) in [5.74, 6) is -1.28. The molecule has 0 aromatic rings. The van der Waals surface area contributed by atoms with Crippen molar-refractivity contribution in [1.29, 1.82) is 0 Å². The summed E-state index contributed by atoms with van der Waals surface area (Å²) in [4.78, 5) is 12.6. The van der Waals surface area contributed by atoms with Crippen molar-refractivity contribution in [3.63, 3.8) is 0 Å². The Balaban J connectivity index is 0.00000264. The average Bonchev–Trinajstić information content (AvgIpc) is 2.48. The van der Waals surface area contributed by atoms with Crippen molar-refractivity contribution in [1.82, 2.24) is 10.6 Å². The number of hydrogen-bond acceptors (Lipinski definition) is 3. The van der Waals surface area contributed by atoms with Crippen LogP contribution in [0, 0.1) is 11.3 Å². The minimum Gasteiger partial charge on any atom is -0.384 e. The molecule has 2 fully saturated rings. The van der Waals surface area contributed by atoms with Crippen molar-refractivity contribution in [2.45, 2.75) is 50.7 Å². The Morgan fingerprint density at radius 3 is 2.26 bits per heavy atom. The highest BCUT2D eigenvalue weighted by Crippen LogP contribution is 2.38. The monoisotopic (exact) mass is 358 g/mol. The number of halogens is 4. The number of nitrogens with one attached hydrogen (secondary N) is 2. The molecule has 0 radical (unpaired) electrons. The lowest BCUT2D eigenvalue weighted by molar-refractivity contribution is -0.182. The molecule has 8 heteroatoms. The number of carbonyl (C=O) groups is 1. The fourth-order valence-electron chi connectivity index (χ4n) is 3.52. The largest absolute Gasteiger partial charge is 0.391 e. The van der Waals surface area contributed by atoms with E-state index >= 15 is 0 Å². The molecule has 2 aliphatic rings. The van der Waals surface area contributed by atoms with Gasteiger partial charge in [-0.15, -0.1) is 12.4 Å². The average molecular weight is 359 g/mol. The summed E-state index contributed by atoms with van der Waals surface area (Å²) in [6, 6.07) is -0.144. The van der Waals surface area contributed by atoms with E-state index in [0.717, 1.165) is 13.1 Å². The first kappa shape index (κ1) is 20.5. The molecule has 0 bridgehead atoms. The normalized spacial score (nSPS) is 27.8. The van der Waals surface area contributed by atoms with E-state index in [2.05, 4.69) is 10.6 Å². The van der Waals surface area contributed by atoms with Gasteiger partial charge in [0, 0.05) is 13.2 Å². The lowest BCUT2D eigenvalue weighted by atomic mass is 9.78. The molecular formula is C15H26ClF3N2O2. The molecule has 1 saturated carbocycles. The van der Waals surface area contributed by atoms with Crippen molar-refractivity contribution < 1.29 is 22.7 Å². The van der Waals surface area contributed by atoms with Crippen LogP contribution in [0.4, 0.5) is 13.2 Å². The predicted octanol–water partition coefficient (Wildman–Crippen LogP) is 2.66. The molecule has 2 rings (SSSR count). The maximum atomic E-state index is 12.7. The van der Waals surface area contributed by atoms with E-state index in [1.54, 1.807) is 7.11 Å². The van der Waals surface area contributed by atoms with E-state index in [9.17, 15) is 18.0 Å². The second-order valence-corrected chi connectivity index (χ2v) is 6.53. The van der Waals surface area contributed by atoms with Gasteiger partial charge in [0.15, 0.2) is 0 Å². The molecule has 1 heterocycles. The Morgan fingerprint density at radius 1 is 1.22 bits per heavy atom. The molecule has 23 heavy (non-hydrogen) atoms. The Labute approximate surface area is 141 Å². The molecule has 0 atom stereocenters. The molecule has 0 spiro atoms. The van der Waals surface area contributed by atoms with Crippen molar-refractivity contribution in [2.75, 3.05) is 26.8 Å². The van der Waals surface area contributed by atoms with E-state index in [-0.39, 0.29) is 37.2 Å². The minimum absolute atomic E-state index is 0. The Bertz CT molecular complexity index is 374. The molecule has 1 aliphatic carbocycles. The highest BCUT2D eigenvalue weighted by molar-refractivity contribution is 5.85. The van der Waals surface area contributed by atoms with Crippen LogP contribution in [-0.2, 0) is 9.53 Å². The maximum Gasteiger partial charge on any atom is 0.391 e. The Hall–Kier alpha value is -0.530. The number of alkyl halides is 3. The second kappa shape index (κ2) is 8.53. The summed E-state index contributed by atoms with van der Waals surface area (Å²) in [5.41, 5.74) is -0.541. The third-order valence-corrected chi connectivity index (χ3v) is 4.99. The van der Waals surface area contributed by atoms with Crippen molar-refractivity contribution in [3.05, 3.63) is 0 Å². The molecule has 0 aromatic carbocycles. The minimum atomic E-state index is -4.11. The van der Waals surface area contributed by atoms with Gasteiger partial charge >= 0.3 is 6.18 Å². The molecular weight excluding hydrogens is 333 g/mol. The molecule has 4 nitrogen and oxygen atoms in total. The van der Waals surface area contributed by atoms with Gasteiger partial charge in [-0.1, -0.05) is 0 Å². The highest BCUT2D eigenvalue weighted by Gasteiger charge is 2.44. The Morgan fingerprint density at radius 2 is 1.78 bits per heavy atom. The molecule has 1 aliphatic heterocycles. The number of methoxy groups -OCH3 is 1. The maximum absolute atomic E-state index is 12.7. The molecule has 136 valence electrons. The summed E-state index contributed by atoms with van der Waals surface area (Å²) < 4.78 is 43.2. The van der Waals surface area contributed by atoms with E-state index in [1.807, 2.05) is 0 Å². The second-order valence-electron chi connectivity index (χ2n) is 6.53. The molecule has 1 amide bonds. The van der Waals surface area contributed by atoms with Gasteiger partial charge in [0.1, 0.15) is 0 Å². The number of rotatable bonds is 4. The summed E-state index contributed by atoms with van der Waals surface area (Å²) in [5, 5.41) is 6.19. The lowest BCUT2D eigenvalue weighted by Crippen LogP contribution is -2.53. The zero-order valence-electron chi connectivity index (χ0n) is 13.4. The fourth-order valence-corrected chi connectivity index (χ4v) is 3.52. The summed E-state index contributed by atoms with van der Waals surface area (Å²) in [6.07, 6.45) is -1.70. The first-order chi connectivity index (χ1) is 10.4. The summed E-state index contributed by atoms with van der Waals surface area (Å²) in [6.45, 7) is 1.88. The van der Waals surface area contributed by atoms with Gasteiger partial charge in [0.05, 0.1) is 17.9 Å². The van der Waals surface area contributed by atoms with Gasteiger partial charge in [0.2, 0.25) is 5.91 Å². The van der Waals surface area contributed by atoms with Crippen LogP contribution in [0.1, 0.15) is 38.5 Å². The van der Waals surface area contributed by atoms with Crippen LogP contribution >= 0.6 is 12.4 Å². The fraction of sp³-hybridized carbons (Fsp3) is 0.933. The van der Waals surface area contributed by atoms with E-state index < -0.39 is 17.5 Å². The number of hydrogen-bond donors (Lipinski definition) is 2. The summed E-state index contributed by atoms with van der Waals surface area (Å²) in [7, 11) is 1.58. The van der Waals surface area contributed by atoms with Crippen molar-refractivity contribution in [3.8, 4) is 0 Å². The van der Waals surface area contributed by atoms with Crippen LogP contribution in [0.25, 0.3) is 0 Å². The van der Waals surface area contributed by atoms with E-state index in [0.29, 0.717) is 32.3 Å². The third-order valence-electron chi connectivity index (χ3n) is 4.99. The third kappa shape index (κ3) is 5.22. The van der Waals surface area contributed by atoms with Gasteiger partial charge in [-0.3, -0.25) is 4.79 Å². The van der Waals surface area contributed by atoms with Crippen LogP contribution < -0.4 is 10.6 Å². The van der Waals surface area contributed by atoms with Crippen LogP contribution in [0.2, 0.25) is 0 Å². The smallest absolute Gasteiger partial charge is 0.384 e. The van der Waals surface area contributed by atoms with Crippen molar-refractivity contribution in [2.24, 2.45) is 11.3 Å². The number of carbonyl (C=O) groups excluding carboxylic acids is 1. The standard InChI is InChI=1S/C15H25F3N2O2.ClH/c1-22-10-14(6-8-19-9-7-14)13(21)20-12-4-2-11(3-5-12)15(16,17)18;/h11-12,19H,2-10H2,1H3,(H,20,21);1H. The highest BCUT2D eigenvalue weighted by atomic mass is 35.5. The van der Waals surface area contributed by atoms with Gasteiger partial charge in [-0.25, -0.2) is 0 Å². The number of piperidine rings is 1. The van der Waals surface area contributed by atoms with Gasteiger partial charge in [-0.2, -0.15) is 13.2 Å². The Kier molecular flexibility index (Phi) is 7.61. The van der Waals surface area contributed by atoms with Crippen LogP contribution in [0.5, 0.6) is 0 Å². The predicted molar refractivity (Wildman–Crippen MR) is 83.6 cm³/mol. The molecule has 0 aromatic heterocycles. The molecule has 1 saturated heterocycles. The topological polar surface area (TPSA) is 50.4 Å². The van der Waals surface area contributed by atoms with E-state index in [1.165, 1.54) is 0 Å². The molecule has 2 N–H and O–H groups in total. The first-order valence-electron chi connectivity index (χ1n) is 7.95. The molecule has 0 unspecified atom stereocenters. The van der Waals surface area contributed by atoms with Crippen molar-refractivity contribution >= 4 is 18.3 Å². The van der Waals surface area contributed by atoms with Gasteiger partial charge in [0.25, 0.3) is 0 Å². The lowest BCUT2D eigenvalue weighted by Gasteiger charge is -2.38.